The summed E-state index contributed by atoms with van der Waals surface area (Å²) in [4.78, 5) is 12.3. The number of methoxy groups -OCH3 is 1. The molecule has 1 unspecified atom stereocenters. The normalized spacial score (nSPS) is 19.7. The average molecular weight is 345 g/mol. The third kappa shape index (κ3) is 5.68. The molecule has 0 heterocycles. The highest BCUT2D eigenvalue weighted by Crippen LogP contribution is 2.32. The zero-order valence-corrected chi connectivity index (χ0v) is 16.1. The molecule has 0 saturated carbocycles. The number of hydrogen-bond acceptors (Lipinski definition) is 3. The maximum atomic E-state index is 12.3. The van der Waals surface area contributed by atoms with Gasteiger partial charge < -0.3 is 9.16 Å². The van der Waals surface area contributed by atoms with Crippen LogP contribution in [0.3, 0.4) is 0 Å². The minimum absolute atomic E-state index is 0.137. The number of allylic oxidation sites excluding steroid dienone is 2. The molecule has 24 heavy (non-hydrogen) atoms. The Morgan fingerprint density at radius 2 is 1.96 bits per heavy atom. The first kappa shape index (κ1) is 18.5. The molecule has 1 aromatic rings. The summed E-state index contributed by atoms with van der Waals surface area (Å²) in [5, 5.41) is 0. The highest BCUT2D eigenvalue weighted by molar-refractivity contribution is 6.70. The van der Waals surface area contributed by atoms with Gasteiger partial charge in [-0.2, -0.15) is 0 Å². The molecule has 0 amide bonds. The minimum atomic E-state index is -1.62. The molecule has 0 saturated heterocycles. The van der Waals surface area contributed by atoms with Crippen molar-refractivity contribution in [3.05, 3.63) is 53.8 Å². The van der Waals surface area contributed by atoms with Crippen molar-refractivity contribution >= 4 is 20.4 Å². The summed E-state index contributed by atoms with van der Waals surface area (Å²) in [5.74, 6) is 0.735. The van der Waals surface area contributed by atoms with Gasteiger partial charge in [-0.1, -0.05) is 42.5 Å². The van der Waals surface area contributed by atoms with Crippen LogP contribution in [0.2, 0.25) is 19.6 Å². The van der Waals surface area contributed by atoms with Gasteiger partial charge in [-0.25, -0.2) is 0 Å². The van der Waals surface area contributed by atoms with Crippen molar-refractivity contribution in [2.75, 3.05) is 7.11 Å². The van der Waals surface area contributed by atoms with Crippen LogP contribution in [-0.4, -0.2) is 21.4 Å². The largest absolute Gasteiger partial charge is 0.548 e. The van der Waals surface area contributed by atoms with Gasteiger partial charge >= 0.3 is 5.97 Å². The summed E-state index contributed by atoms with van der Waals surface area (Å²) in [6.07, 6.45) is 9.13. The quantitative estimate of drug-likeness (QED) is 0.536. The van der Waals surface area contributed by atoms with Crippen LogP contribution in [0, 0.1) is 11.8 Å². The Hall–Kier alpha value is -1.81. The van der Waals surface area contributed by atoms with Crippen LogP contribution in [0.1, 0.15) is 24.8 Å². The fourth-order valence-corrected chi connectivity index (χ4v) is 3.95. The molecule has 0 bridgehead atoms. The number of hydrogen-bond donors (Lipinski definition) is 0. The van der Waals surface area contributed by atoms with Crippen molar-refractivity contribution in [1.29, 1.82) is 0 Å². The van der Waals surface area contributed by atoms with Gasteiger partial charge in [0.25, 0.3) is 0 Å². The maximum Gasteiger partial charge on any atom is 0.313 e. The Kier molecular flexibility index (Phi) is 6.43. The van der Waals surface area contributed by atoms with Crippen LogP contribution in [0.25, 0.3) is 6.08 Å². The standard InChI is InChI=1S/C20H28O3Si/c1-22-20(21)19(14-13-16-9-6-5-7-10-16)17-11-8-12-18(15-17)23-24(2,3)4/h5-7,9-10,13-15,17,19H,8,11-12H2,1-4H3/b14-13+/t17?,19-/m0/s1. The molecule has 2 rings (SSSR count). The second kappa shape index (κ2) is 8.33. The Bertz CT molecular complexity index is 599. The van der Waals surface area contributed by atoms with E-state index >= 15 is 0 Å². The number of ether oxygens (including phenoxy) is 1. The average Bonchev–Trinajstić information content (AvgIpc) is 2.54. The van der Waals surface area contributed by atoms with Gasteiger partial charge in [-0.3, -0.25) is 4.79 Å². The molecule has 0 fully saturated rings. The predicted octanol–water partition coefficient (Wildman–Crippen LogP) is 5.02. The highest BCUT2D eigenvalue weighted by Gasteiger charge is 2.29. The van der Waals surface area contributed by atoms with E-state index in [2.05, 4.69) is 25.7 Å². The third-order valence-electron chi connectivity index (χ3n) is 4.03. The van der Waals surface area contributed by atoms with Crippen LogP contribution in [-0.2, 0) is 14.0 Å². The minimum Gasteiger partial charge on any atom is -0.548 e. The number of rotatable bonds is 6. The number of carbonyl (C=O) groups is 1. The van der Waals surface area contributed by atoms with Gasteiger partial charge in [0.15, 0.2) is 0 Å². The number of carbonyl (C=O) groups excluding carboxylic acids is 1. The Balaban J connectivity index is 2.19. The van der Waals surface area contributed by atoms with Gasteiger partial charge in [0, 0.05) is 6.42 Å². The van der Waals surface area contributed by atoms with E-state index in [1.54, 1.807) is 0 Å². The van der Waals surface area contributed by atoms with E-state index in [0.29, 0.717) is 0 Å². The molecule has 2 atom stereocenters. The lowest BCUT2D eigenvalue weighted by atomic mass is 9.83. The lowest BCUT2D eigenvalue weighted by molar-refractivity contribution is -0.145. The van der Waals surface area contributed by atoms with Crippen LogP contribution < -0.4 is 0 Å². The van der Waals surface area contributed by atoms with Crippen LogP contribution >= 0.6 is 0 Å². The SMILES string of the molecule is COC(=O)[C@@H](/C=C/c1ccccc1)C1C=C(O[Si](C)(C)C)CCC1. The van der Waals surface area contributed by atoms with E-state index < -0.39 is 8.32 Å². The molecule has 0 spiro atoms. The van der Waals surface area contributed by atoms with Gasteiger partial charge in [0.05, 0.1) is 18.8 Å². The van der Waals surface area contributed by atoms with Crippen LogP contribution in [0.5, 0.6) is 0 Å². The van der Waals surface area contributed by atoms with E-state index in [1.807, 2.05) is 42.5 Å². The van der Waals surface area contributed by atoms with Gasteiger partial charge in [0.2, 0.25) is 8.32 Å². The number of esters is 1. The van der Waals surface area contributed by atoms with Crippen LogP contribution in [0.4, 0.5) is 0 Å². The first-order valence-corrected chi connectivity index (χ1v) is 12.0. The summed E-state index contributed by atoms with van der Waals surface area (Å²) in [7, 11) is -0.162. The van der Waals surface area contributed by atoms with E-state index in [0.717, 1.165) is 30.6 Å². The molecule has 0 N–H and O–H groups in total. The van der Waals surface area contributed by atoms with E-state index in [9.17, 15) is 4.79 Å². The van der Waals surface area contributed by atoms with Gasteiger partial charge in [-0.15, -0.1) is 0 Å². The lowest BCUT2D eigenvalue weighted by Gasteiger charge is -2.29. The molecular weight excluding hydrogens is 316 g/mol. The second-order valence-electron chi connectivity index (χ2n) is 7.22. The maximum absolute atomic E-state index is 12.3. The van der Waals surface area contributed by atoms with E-state index in [1.165, 1.54) is 7.11 Å². The molecule has 1 aliphatic rings. The van der Waals surface area contributed by atoms with E-state index in [4.69, 9.17) is 9.16 Å². The molecule has 130 valence electrons. The number of benzene rings is 1. The molecule has 1 aromatic carbocycles. The van der Waals surface area contributed by atoms with Crippen molar-refractivity contribution in [2.24, 2.45) is 11.8 Å². The topological polar surface area (TPSA) is 35.5 Å². The zero-order chi connectivity index (χ0) is 17.6. The van der Waals surface area contributed by atoms with Crippen molar-refractivity contribution in [3.63, 3.8) is 0 Å². The Morgan fingerprint density at radius 1 is 1.25 bits per heavy atom. The molecule has 0 radical (unpaired) electrons. The molecular formula is C20H28O3Si. The lowest BCUT2D eigenvalue weighted by Crippen LogP contribution is -2.28. The molecule has 3 nitrogen and oxygen atoms in total. The fourth-order valence-electron chi connectivity index (χ4n) is 2.99. The zero-order valence-electron chi connectivity index (χ0n) is 15.1. The van der Waals surface area contributed by atoms with Gasteiger partial charge in [0.1, 0.15) is 0 Å². The Labute approximate surface area is 146 Å². The van der Waals surface area contributed by atoms with Gasteiger partial charge in [-0.05, 0) is 50.0 Å². The summed E-state index contributed by atoms with van der Waals surface area (Å²) >= 11 is 0. The molecule has 4 heteroatoms. The second-order valence-corrected chi connectivity index (χ2v) is 11.7. The molecule has 0 aromatic heterocycles. The van der Waals surface area contributed by atoms with Crippen molar-refractivity contribution in [3.8, 4) is 0 Å². The summed E-state index contributed by atoms with van der Waals surface area (Å²) in [6.45, 7) is 6.56. The summed E-state index contributed by atoms with van der Waals surface area (Å²) < 4.78 is 11.2. The summed E-state index contributed by atoms with van der Waals surface area (Å²) in [6, 6.07) is 10.0. The third-order valence-corrected chi connectivity index (χ3v) is 4.90. The predicted molar refractivity (Wildman–Crippen MR) is 101 cm³/mol. The van der Waals surface area contributed by atoms with E-state index in [-0.39, 0.29) is 17.8 Å². The first-order chi connectivity index (χ1) is 11.4. The Morgan fingerprint density at radius 3 is 2.58 bits per heavy atom. The molecule has 0 aliphatic heterocycles. The monoisotopic (exact) mass is 344 g/mol. The molecule has 1 aliphatic carbocycles. The van der Waals surface area contributed by atoms with Crippen molar-refractivity contribution in [1.82, 2.24) is 0 Å². The smallest absolute Gasteiger partial charge is 0.313 e. The van der Waals surface area contributed by atoms with Crippen LogP contribution in [0.15, 0.2) is 48.2 Å². The fraction of sp³-hybridized carbons (Fsp3) is 0.450. The first-order valence-electron chi connectivity index (χ1n) is 8.60. The van der Waals surface area contributed by atoms with Crippen molar-refractivity contribution in [2.45, 2.75) is 38.9 Å². The summed E-state index contributed by atoms with van der Waals surface area (Å²) in [5.41, 5.74) is 1.09. The highest BCUT2D eigenvalue weighted by atomic mass is 28.4. The van der Waals surface area contributed by atoms with Crippen molar-refractivity contribution < 1.29 is 14.0 Å².